The molecule has 0 spiro atoms. The van der Waals surface area contributed by atoms with Gasteiger partial charge in [-0.1, -0.05) is 0 Å². The van der Waals surface area contributed by atoms with Gasteiger partial charge >= 0.3 is 29.6 Å². The Morgan fingerprint density at radius 1 is 1.42 bits per heavy atom. The van der Waals surface area contributed by atoms with E-state index in [4.69, 9.17) is 5.73 Å². The second-order valence-corrected chi connectivity index (χ2v) is 3.65. The number of nitrogens with one attached hydrogen (secondary N) is 2. The van der Waals surface area contributed by atoms with Crippen LogP contribution in [0.25, 0.3) is 5.73 Å². The molecule has 1 heterocycles. The van der Waals surface area contributed by atoms with Gasteiger partial charge in [-0.25, -0.2) is 0 Å². The molecular formula is C8H13N2NaO. The number of rotatable bonds is 1. The molecule has 0 aromatic carbocycles. The van der Waals surface area contributed by atoms with Gasteiger partial charge in [0, 0.05) is 12.0 Å². The molecular weight excluding hydrogens is 163 g/mol. The first kappa shape index (κ1) is 10.5. The normalized spacial score (nSPS) is 38.8. The number of hydrogen-bond donors (Lipinski definition) is 1. The molecule has 2 aliphatic rings. The van der Waals surface area contributed by atoms with Gasteiger partial charge in [-0.2, -0.15) is 0 Å². The average Bonchev–Trinajstić information content (AvgIpc) is 2.32. The van der Waals surface area contributed by atoms with Crippen molar-refractivity contribution in [3.8, 4) is 0 Å². The van der Waals surface area contributed by atoms with E-state index >= 15 is 0 Å². The van der Waals surface area contributed by atoms with Crippen molar-refractivity contribution < 1.29 is 34.4 Å². The molecule has 12 heavy (non-hydrogen) atoms. The van der Waals surface area contributed by atoms with Crippen molar-refractivity contribution in [3.05, 3.63) is 5.73 Å². The van der Waals surface area contributed by atoms with Crippen LogP contribution in [-0.4, -0.2) is 18.5 Å². The van der Waals surface area contributed by atoms with Gasteiger partial charge in [-0.15, -0.1) is 0 Å². The number of carbonyl (C=O) groups excluding carboxylic acids is 1. The minimum absolute atomic E-state index is 0. The molecule has 4 heteroatoms. The molecule has 2 fully saturated rings. The summed E-state index contributed by atoms with van der Waals surface area (Å²) in [7, 11) is 0. The smallest absolute Gasteiger partial charge is 0.668 e. The van der Waals surface area contributed by atoms with E-state index in [9.17, 15) is 4.79 Å². The zero-order chi connectivity index (χ0) is 7.84. The summed E-state index contributed by atoms with van der Waals surface area (Å²) >= 11 is 0. The summed E-state index contributed by atoms with van der Waals surface area (Å²) in [6, 6.07) is 0.649. The summed E-state index contributed by atoms with van der Waals surface area (Å²) in [4.78, 5) is 10.8. The second-order valence-electron chi connectivity index (χ2n) is 3.65. The van der Waals surface area contributed by atoms with Crippen LogP contribution in [0.2, 0.25) is 0 Å². The Hall–Kier alpha value is 0.430. The summed E-state index contributed by atoms with van der Waals surface area (Å²) < 4.78 is 0. The van der Waals surface area contributed by atoms with Crippen LogP contribution in [0.5, 0.6) is 0 Å². The molecule has 0 radical (unpaired) electrons. The third-order valence-corrected chi connectivity index (χ3v) is 2.99. The maximum absolute atomic E-state index is 10.8. The Kier molecular flexibility index (Phi) is 3.58. The summed E-state index contributed by atoms with van der Waals surface area (Å²) in [6.07, 6.45) is 3.14. The Balaban J connectivity index is 0.000000720. The molecule has 1 amide bonds. The van der Waals surface area contributed by atoms with E-state index in [0.717, 1.165) is 25.8 Å². The fraction of sp³-hybridized carbons (Fsp3) is 0.875. The Morgan fingerprint density at radius 3 is 2.83 bits per heavy atom. The number of hydrogen-bond acceptors (Lipinski definition) is 2. The molecule has 1 saturated carbocycles. The standard InChI is InChI=1S/C8H14N2O.Na/c9-8(11)7-2-1-6-3-5(7)4-10-6;/h5-7,10H,1-4H2,(H2,9,11);/q;+1/p-1. The molecule has 1 aliphatic heterocycles. The van der Waals surface area contributed by atoms with Crippen molar-refractivity contribution in [3.63, 3.8) is 0 Å². The topological polar surface area (TPSA) is 52.9 Å². The van der Waals surface area contributed by atoms with Crippen LogP contribution >= 0.6 is 0 Å². The first-order valence-corrected chi connectivity index (χ1v) is 4.26. The number of amides is 1. The van der Waals surface area contributed by atoms with Gasteiger partial charge < -0.3 is 15.8 Å². The van der Waals surface area contributed by atoms with Crippen LogP contribution in [0, 0.1) is 11.8 Å². The minimum atomic E-state index is -0.350. The van der Waals surface area contributed by atoms with Crippen molar-refractivity contribution in [1.82, 2.24) is 5.32 Å². The van der Waals surface area contributed by atoms with Gasteiger partial charge in [-0.05, 0) is 31.7 Å². The Labute approximate surface area is 94.7 Å². The summed E-state index contributed by atoms with van der Waals surface area (Å²) in [5.41, 5.74) is 7.06. The fourth-order valence-corrected chi connectivity index (χ4v) is 2.34. The SMILES string of the molecule is [NH-]C(=O)C1CCC2CC1CN2.[Na+]. The van der Waals surface area contributed by atoms with Gasteiger partial charge in [0.2, 0.25) is 0 Å². The summed E-state index contributed by atoms with van der Waals surface area (Å²) in [5.74, 6) is 0.164. The van der Waals surface area contributed by atoms with Crippen molar-refractivity contribution in [2.24, 2.45) is 11.8 Å². The molecule has 3 nitrogen and oxygen atoms in total. The van der Waals surface area contributed by atoms with Crippen molar-refractivity contribution >= 4 is 5.91 Å². The molecule has 3 unspecified atom stereocenters. The van der Waals surface area contributed by atoms with Crippen LogP contribution in [0.15, 0.2) is 0 Å². The molecule has 2 rings (SSSR count). The van der Waals surface area contributed by atoms with Crippen molar-refractivity contribution in [2.45, 2.75) is 25.3 Å². The largest absolute Gasteiger partial charge is 1.00 e. The van der Waals surface area contributed by atoms with Gasteiger partial charge in [0.1, 0.15) is 0 Å². The molecule has 0 aromatic rings. The van der Waals surface area contributed by atoms with E-state index in [-0.39, 0.29) is 41.4 Å². The summed E-state index contributed by atoms with van der Waals surface area (Å²) in [6.45, 7) is 0.958. The zero-order valence-corrected chi connectivity index (χ0v) is 9.47. The van der Waals surface area contributed by atoms with Gasteiger partial charge in [-0.3, -0.25) is 0 Å². The molecule has 0 aromatic heterocycles. The third-order valence-electron chi connectivity index (χ3n) is 2.99. The van der Waals surface area contributed by atoms with Gasteiger partial charge in [0.05, 0.1) is 5.91 Å². The molecule has 2 N–H and O–H groups in total. The fourth-order valence-electron chi connectivity index (χ4n) is 2.34. The number of fused-ring (bicyclic) bond motifs is 2. The molecule has 62 valence electrons. The minimum Gasteiger partial charge on any atom is -0.668 e. The molecule has 1 aliphatic carbocycles. The third kappa shape index (κ3) is 1.84. The van der Waals surface area contributed by atoms with Crippen molar-refractivity contribution in [2.75, 3.05) is 6.54 Å². The van der Waals surface area contributed by atoms with Crippen LogP contribution < -0.4 is 34.9 Å². The maximum atomic E-state index is 10.8. The van der Waals surface area contributed by atoms with Gasteiger partial charge in [0.25, 0.3) is 0 Å². The average molecular weight is 176 g/mol. The predicted octanol–water partition coefficient (Wildman–Crippen LogP) is -2.04. The van der Waals surface area contributed by atoms with Crippen LogP contribution in [-0.2, 0) is 4.79 Å². The van der Waals surface area contributed by atoms with E-state index in [0.29, 0.717) is 12.0 Å². The number of carbonyl (C=O) groups is 1. The molecule has 1 saturated heterocycles. The second kappa shape index (κ2) is 4.09. The van der Waals surface area contributed by atoms with Crippen LogP contribution in [0.4, 0.5) is 0 Å². The first-order chi connectivity index (χ1) is 5.27. The maximum Gasteiger partial charge on any atom is 1.00 e. The van der Waals surface area contributed by atoms with Crippen molar-refractivity contribution in [1.29, 1.82) is 0 Å². The quantitative estimate of drug-likeness (QED) is 0.468. The van der Waals surface area contributed by atoms with Crippen LogP contribution in [0.3, 0.4) is 0 Å². The summed E-state index contributed by atoms with van der Waals surface area (Å²) in [5, 5.41) is 3.37. The van der Waals surface area contributed by atoms with Crippen LogP contribution in [0.1, 0.15) is 19.3 Å². The van der Waals surface area contributed by atoms with E-state index in [1.54, 1.807) is 0 Å². The Bertz CT molecular complexity index is 186. The van der Waals surface area contributed by atoms with E-state index in [1.807, 2.05) is 0 Å². The monoisotopic (exact) mass is 176 g/mol. The van der Waals surface area contributed by atoms with E-state index < -0.39 is 0 Å². The van der Waals surface area contributed by atoms with E-state index in [2.05, 4.69) is 5.32 Å². The molecule has 2 bridgehead atoms. The zero-order valence-electron chi connectivity index (χ0n) is 7.47. The van der Waals surface area contributed by atoms with Gasteiger partial charge in [0.15, 0.2) is 0 Å². The first-order valence-electron chi connectivity index (χ1n) is 4.26. The predicted molar refractivity (Wildman–Crippen MR) is 42.0 cm³/mol. The Morgan fingerprint density at radius 2 is 2.17 bits per heavy atom. The molecule has 3 atom stereocenters. The van der Waals surface area contributed by atoms with E-state index in [1.165, 1.54) is 0 Å².